The Morgan fingerprint density at radius 2 is 0.661 bits per heavy atom. The van der Waals surface area contributed by atoms with Gasteiger partial charge in [0, 0.05) is 62.5 Å². The number of hydrogen-bond donors (Lipinski definition) is 0. The first-order chi connectivity index (χ1) is 30.7. The van der Waals surface area contributed by atoms with Crippen LogP contribution in [-0.4, -0.2) is 26.4 Å². The molecule has 0 amide bonds. The minimum atomic E-state index is 0.532. The van der Waals surface area contributed by atoms with Crippen molar-refractivity contribution in [1.29, 1.82) is 0 Å². The fourth-order valence-electron chi connectivity index (χ4n) is 9.18. The summed E-state index contributed by atoms with van der Waals surface area (Å²) in [5, 5.41) is 8.63. The highest BCUT2D eigenvalue weighted by Crippen LogP contribution is 2.45. The van der Waals surface area contributed by atoms with Gasteiger partial charge >= 0.3 is 0 Å². The maximum absolute atomic E-state index is 6.61. The van der Waals surface area contributed by atoms with E-state index in [1.54, 1.807) is 0 Å². The maximum Gasteiger partial charge on any atom is 0.163 e. The standard InChI is InChI=1S/C54H36N2O6/c1-3-7-37(8-4-1)55(41-15-17-47-53(29-41)59-21-19-57-47)39-13-11-33-25-43-45-31-46-44-26-34-12-14-40(24-36(34)28-50(44)62-52(46)32-51(45)61-49(43)27-35(33)23-39)56(38-9-5-2-6-10-38)42-16-18-48-54(30-42)60-22-20-58-48/h1-18,23-32H,19-22H2. The number of benzene rings is 9. The van der Waals surface area contributed by atoms with Crippen molar-refractivity contribution in [3.63, 3.8) is 0 Å². The molecule has 0 N–H and O–H groups in total. The summed E-state index contributed by atoms with van der Waals surface area (Å²) in [6, 6.07) is 59.2. The number of para-hydroxylation sites is 2. The van der Waals surface area contributed by atoms with E-state index in [9.17, 15) is 0 Å². The second-order valence-corrected chi connectivity index (χ2v) is 15.8. The van der Waals surface area contributed by atoms with Crippen molar-refractivity contribution in [2.75, 3.05) is 36.2 Å². The van der Waals surface area contributed by atoms with Gasteiger partial charge in [-0.2, -0.15) is 0 Å². The van der Waals surface area contributed by atoms with Gasteiger partial charge in [-0.15, -0.1) is 0 Å². The highest BCUT2D eigenvalue weighted by Gasteiger charge is 2.21. The molecule has 62 heavy (non-hydrogen) atoms. The highest BCUT2D eigenvalue weighted by atomic mass is 16.6. The minimum Gasteiger partial charge on any atom is -0.486 e. The van der Waals surface area contributed by atoms with Crippen LogP contribution < -0.4 is 28.7 Å². The summed E-state index contributed by atoms with van der Waals surface area (Å²) in [4.78, 5) is 4.48. The Balaban J connectivity index is 0.889. The van der Waals surface area contributed by atoms with E-state index in [-0.39, 0.29) is 0 Å². The normalized spacial score (nSPS) is 13.4. The molecular formula is C54H36N2O6. The number of ether oxygens (including phenoxy) is 4. The first kappa shape index (κ1) is 34.7. The van der Waals surface area contributed by atoms with Gasteiger partial charge in [0.25, 0.3) is 0 Å². The molecule has 2 aliphatic heterocycles. The molecule has 2 aromatic heterocycles. The van der Waals surface area contributed by atoms with E-state index in [1.165, 1.54) is 0 Å². The van der Waals surface area contributed by atoms with Gasteiger partial charge in [-0.05, 0) is 125 Å². The molecule has 0 bridgehead atoms. The summed E-state index contributed by atoms with van der Waals surface area (Å²) in [6.07, 6.45) is 0. The molecule has 0 saturated heterocycles. The van der Waals surface area contributed by atoms with E-state index in [2.05, 4.69) is 149 Å². The van der Waals surface area contributed by atoms with Crippen LogP contribution in [-0.2, 0) is 0 Å². The predicted octanol–water partition coefficient (Wildman–Crippen LogP) is 14.3. The summed E-state index contributed by atoms with van der Waals surface area (Å²) in [5.41, 5.74) is 9.33. The van der Waals surface area contributed by atoms with Crippen LogP contribution in [0.25, 0.3) is 65.4 Å². The molecule has 0 saturated carbocycles. The molecule has 0 atom stereocenters. The number of nitrogens with zero attached hydrogens (tertiary/aromatic N) is 2. The van der Waals surface area contributed by atoms with Crippen LogP contribution in [0.15, 0.2) is 179 Å². The Labute approximate surface area is 355 Å². The second kappa shape index (κ2) is 13.7. The van der Waals surface area contributed by atoms with Gasteiger partial charge in [0.1, 0.15) is 48.8 Å². The van der Waals surface area contributed by atoms with E-state index < -0.39 is 0 Å². The lowest BCUT2D eigenvalue weighted by Gasteiger charge is -2.27. The molecule has 13 rings (SSSR count). The molecule has 0 spiro atoms. The Morgan fingerprint density at radius 1 is 0.274 bits per heavy atom. The van der Waals surface area contributed by atoms with Crippen LogP contribution >= 0.6 is 0 Å². The van der Waals surface area contributed by atoms with Gasteiger partial charge in [-0.1, -0.05) is 48.5 Å². The number of anilines is 6. The molecule has 0 fully saturated rings. The van der Waals surface area contributed by atoms with Gasteiger partial charge in [-0.3, -0.25) is 0 Å². The average molecular weight is 809 g/mol. The van der Waals surface area contributed by atoms with Crippen LogP contribution in [0, 0.1) is 0 Å². The zero-order chi connectivity index (χ0) is 40.7. The zero-order valence-electron chi connectivity index (χ0n) is 33.3. The van der Waals surface area contributed by atoms with Crippen LogP contribution in [0.4, 0.5) is 34.1 Å². The van der Waals surface area contributed by atoms with E-state index in [0.29, 0.717) is 26.4 Å². The topological polar surface area (TPSA) is 69.7 Å². The first-order valence-electron chi connectivity index (χ1n) is 20.9. The quantitative estimate of drug-likeness (QED) is 0.164. The molecular weight excluding hydrogens is 773 g/mol. The molecule has 0 unspecified atom stereocenters. The van der Waals surface area contributed by atoms with E-state index in [4.69, 9.17) is 27.8 Å². The van der Waals surface area contributed by atoms with Gasteiger partial charge in [0.2, 0.25) is 0 Å². The number of rotatable bonds is 6. The van der Waals surface area contributed by atoms with Crippen LogP contribution in [0.5, 0.6) is 23.0 Å². The lowest BCUT2D eigenvalue weighted by molar-refractivity contribution is 0.171. The molecule has 2 aliphatic rings. The second-order valence-electron chi connectivity index (χ2n) is 15.8. The van der Waals surface area contributed by atoms with Crippen molar-refractivity contribution >= 4 is 99.5 Å². The Hall–Kier alpha value is -8.10. The van der Waals surface area contributed by atoms with E-state index >= 15 is 0 Å². The Kier molecular flexibility index (Phi) is 7.69. The molecule has 8 heteroatoms. The largest absolute Gasteiger partial charge is 0.486 e. The van der Waals surface area contributed by atoms with Gasteiger partial charge in [0.05, 0.1) is 11.4 Å². The monoisotopic (exact) mass is 808 g/mol. The molecule has 8 nitrogen and oxygen atoms in total. The highest BCUT2D eigenvalue weighted by molar-refractivity contribution is 6.18. The third-order valence-electron chi connectivity index (χ3n) is 12.1. The fourth-order valence-corrected chi connectivity index (χ4v) is 9.18. The summed E-state index contributed by atoms with van der Waals surface area (Å²) >= 11 is 0. The van der Waals surface area contributed by atoms with Crippen molar-refractivity contribution in [2.24, 2.45) is 0 Å². The zero-order valence-corrected chi connectivity index (χ0v) is 33.3. The van der Waals surface area contributed by atoms with Crippen LogP contribution in [0.1, 0.15) is 0 Å². The molecule has 4 heterocycles. The summed E-state index contributed by atoms with van der Waals surface area (Å²) < 4.78 is 36.8. The van der Waals surface area contributed by atoms with Crippen LogP contribution in [0.2, 0.25) is 0 Å². The maximum atomic E-state index is 6.61. The summed E-state index contributed by atoms with van der Waals surface area (Å²) in [5.74, 6) is 3.03. The molecule has 298 valence electrons. The van der Waals surface area contributed by atoms with Crippen molar-refractivity contribution in [3.05, 3.63) is 170 Å². The smallest absolute Gasteiger partial charge is 0.163 e. The SMILES string of the molecule is c1ccc(N(c2ccc3c(c2)OCCO3)c2ccc3cc4c(cc3c2)oc2cc3oc5cc6cc(N(c7ccccc7)c7ccc8c(c7)OCCO8)ccc6cc5c3cc24)cc1. The van der Waals surface area contributed by atoms with Crippen LogP contribution in [0.3, 0.4) is 0 Å². The summed E-state index contributed by atoms with van der Waals surface area (Å²) in [6.45, 7) is 2.17. The summed E-state index contributed by atoms with van der Waals surface area (Å²) in [7, 11) is 0. The molecule has 0 aliphatic carbocycles. The minimum absolute atomic E-state index is 0.532. The third-order valence-corrected chi connectivity index (χ3v) is 12.1. The lowest BCUT2D eigenvalue weighted by atomic mass is 10.0. The van der Waals surface area contributed by atoms with Crippen molar-refractivity contribution in [2.45, 2.75) is 0 Å². The van der Waals surface area contributed by atoms with Gasteiger partial charge in [0.15, 0.2) is 23.0 Å². The van der Waals surface area contributed by atoms with E-state index in [0.717, 1.165) is 123 Å². The number of fused-ring (bicyclic) bond motifs is 10. The fraction of sp³-hybridized carbons (Fsp3) is 0.0741. The van der Waals surface area contributed by atoms with Gasteiger partial charge in [-0.25, -0.2) is 0 Å². The van der Waals surface area contributed by atoms with Gasteiger partial charge < -0.3 is 37.6 Å². The predicted molar refractivity (Wildman–Crippen MR) is 247 cm³/mol. The molecule has 9 aromatic carbocycles. The lowest BCUT2D eigenvalue weighted by Crippen LogP contribution is -2.16. The Bertz CT molecular complexity index is 3330. The molecule has 11 aromatic rings. The van der Waals surface area contributed by atoms with Crippen molar-refractivity contribution in [1.82, 2.24) is 0 Å². The van der Waals surface area contributed by atoms with Crippen molar-refractivity contribution in [3.8, 4) is 23.0 Å². The molecule has 0 radical (unpaired) electrons. The average Bonchev–Trinajstić information content (AvgIpc) is 3.85. The van der Waals surface area contributed by atoms with Crippen molar-refractivity contribution < 1.29 is 27.8 Å². The third kappa shape index (κ3) is 5.68. The number of furan rings is 2. The Morgan fingerprint density at radius 3 is 1.13 bits per heavy atom. The van der Waals surface area contributed by atoms with E-state index in [1.807, 2.05) is 30.3 Å². The number of hydrogen-bond acceptors (Lipinski definition) is 8. The first-order valence-corrected chi connectivity index (χ1v) is 20.9.